The number of carboxylic acid groups (broad SMARTS) is 1. The van der Waals surface area contributed by atoms with Crippen molar-refractivity contribution in [2.45, 2.75) is 6.54 Å². The van der Waals surface area contributed by atoms with Gasteiger partial charge in [-0.15, -0.1) is 0 Å². The first kappa shape index (κ1) is 15.8. The summed E-state index contributed by atoms with van der Waals surface area (Å²) in [7, 11) is 0. The monoisotopic (exact) mass is 332 g/mol. The Labute approximate surface area is 137 Å². The molecule has 1 saturated heterocycles. The molecule has 0 atom stereocenters. The van der Waals surface area contributed by atoms with Gasteiger partial charge in [-0.2, -0.15) is 5.10 Å². The molecule has 3 rings (SSSR count). The Morgan fingerprint density at radius 1 is 1.08 bits per heavy atom. The fraction of sp³-hybridized carbons (Fsp3) is 0.333. The average molecular weight is 332 g/mol. The number of amides is 2. The Hall–Kier alpha value is -3.10. The van der Waals surface area contributed by atoms with Crippen LogP contribution in [0.2, 0.25) is 0 Å². The zero-order chi connectivity index (χ0) is 17.1. The van der Waals surface area contributed by atoms with Crippen molar-refractivity contribution in [1.29, 1.82) is 0 Å². The number of nitrogens with zero attached hydrogens (tertiary/aromatic N) is 4. The van der Waals surface area contributed by atoms with E-state index in [-0.39, 0.29) is 29.8 Å². The third-order valence-electron chi connectivity index (χ3n) is 3.74. The molecule has 0 aromatic carbocycles. The van der Waals surface area contributed by atoms with Crippen molar-refractivity contribution in [3.05, 3.63) is 42.1 Å². The minimum atomic E-state index is -1.03. The molecule has 126 valence electrons. The lowest BCUT2D eigenvalue weighted by Crippen LogP contribution is -2.50. The zero-order valence-corrected chi connectivity index (χ0v) is 12.8. The van der Waals surface area contributed by atoms with Gasteiger partial charge in [0.15, 0.2) is 5.76 Å². The molecule has 1 aliphatic heterocycles. The summed E-state index contributed by atoms with van der Waals surface area (Å²) in [6, 6.07) is 4.75. The normalized spacial score (nSPS) is 14.7. The van der Waals surface area contributed by atoms with E-state index >= 15 is 0 Å². The molecule has 0 radical (unpaired) electrons. The summed E-state index contributed by atoms with van der Waals surface area (Å²) in [5, 5.41) is 12.7. The molecular formula is C15H16N4O5. The van der Waals surface area contributed by atoms with Gasteiger partial charge in [0.2, 0.25) is 0 Å². The Morgan fingerprint density at radius 2 is 1.75 bits per heavy atom. The van der Waals surface area contributed by atoms with Crippen LogP contribution in [-0.4, -0.2) is 68.6 Å². The number of hydrogen-bond donors (Lipinski definition) is 1. The highest BCUT2D eigenvalue weighted by molar-refractivity contribution is 5.93. The second-order valence-electron chi connectivity index (χ2n) is 5.35. The van der Waals surface area contributed by atoms with E-state index in [0.717, 1.165) is 0 Å². The van der Waals surface area contributed by atoms with Gasteiger partial charge in [-0.05, 0) is 18.2 Å². The molecule has 9 nitrogen and oxygen atoms in total. The Morgan fingerprint density at radius 3 is 2.33 bits per heavy atom. The van der Waals surface area contributed by atoms with Gasteiger partial charge in [-0.3, -0.25) is 19.1 Å². The number of carboxylic acids is 1. The van der Waals surface area contributed by atoms with Gasteiger partial charge < -0.3 is 19.3 Å². The van der Waals surface area contributed by atoms with Crippen LogP contribution in [0, 0.1) is 0 Å². The van der Waals surface area contributed by atoms with Crippen molar-refractivity contribution in [3.63, 3.8) is 0 Å². The van der Waals surface area contributed by atoms with E-state index in [4.69, 9.17) is 9.52 Å². The summed E-state index contributed by atoms with van der Waals surface area (Å²) in [5.41, 5.74) is 0.196. The molecule has 0 spiro atoms. The standard InChI is InChI=1S/C15H16N4O5/c20-13(21)10-19-4-3-11(16-19)14(22)17-5-7-18(8-6-17)15(23)12-2-1-9-24-12/h1-4,9H,5-8,10H2,(H,20,21). The van der Waals surface area contributed by atoms with Crippen molar-refractivity contribution in [2.24, 2.45) is 0 Å². The van der Waals surface area contributed by atoms with E-state index in [1.807, 2.05) is 0 Å². The van der Waals surface area contributed by atoms with E-state index in [1.165, 1.54) is 23.2 Å². The van der Waals surface area contributed by atoms with Gasteiger partial charge in [0.25, 0.3) is 11.8 Å². The molecule has 0 aliphatic carbocycles. The van der Waals surface area contributed by atoms with Crippen LogP contribution in [0.15, 0.2) is 35.1 Å². The molecule has 0 bridgehead atoms. The predicted molar refractivity (Wildman–Crippen MR) is 80.4 cm³/mol. The summed E-state index contributed by atoms with van der Waals surface area (Å²) in [6.07, 6.45) is 2.90. The largest absolute Gasteiger partial charge is 0.480 e. The minimum Gasteiger partial charge on any atom is -0.480 e. The summed E-state index contributed by atoms with van der Waals surface area (Å²) < 4.78 is 6.29. The van der Waals surface area contributed by atoms with Crippen LogP contribution in [0.5, 0.6) is 0 Å². The van der Waals surface area contributed by atoms with Crippen LogP contribution < -0.4 is 0 Å². The third-order valence-corrected chi connectivity index (χ3v) is 3.74. The molecule has 2 amide bonds. The van der Waals surface area contributed by atoms with Gasteiger partial charge in [0, 0.05) is 32.4 Å². The smallest absolute Gasteiger partial charge is 0.325 e. The van der Waals surface area contributed by atoms with Gasteiger partial charge >= 0.3 is 5.97 Å². The highest BCUT2D eigenvalue weighted by Crippen LogP contribution is 2.11. The summed E-state index contributed by atoms with van der Waals surface area (Å²) in [5.74, 6) is -1.22. The maximum atomic E-state index is 12.4. The molecule has 2 aromatic rings. The predicted octanol–water partition coefficient (Wildman–Crippen LogP) is 0.159. The fourth-order valence-corrected chi connectivity index (χ4v) is 2.53. The fourth-order valence-electron chi connectivity index (χ4n) is 2.53. The lowest BCUT2D eigenvalue weighted by atomic mass is 10.2. The van der Waals surface area contributed by atoms with Crippen molar-refractivity contribution in [2.75, 3.05) is 26.2 Å². The number of rotatable bonds is 4. The second kappa shape index (κ2) is 6.57. The van der Waals surface area contributed by atoms with Gasteiger partial charge in [-0.1, -0.05) is 0 Å². The third kappa shape index (κ3) is 3.29. The number of aromatic nitrogens is 2. The van der Waals surface area contributed by atoms with Crippen LogP contribution in [0.25, 0.3) is 0 Å². The first-order valence-electron chi connectivity index (χ1n) is 7.42. The molecule has 2 aromatic heterocycles. The number of aliphatic carboxylic acids is 1. The number of furan rings is 1. The molecular weight excluding hydrogens is 316 g/mol. The summed E-state index contributed by atoms with van der Waals surface area (Å²) >= 11 is 0. The number of piperazine rings is 1. The quantitative estimate of drug-likeness (QED) is 0.854. The second-order valence-corrected chi connectivity index (χ2v) is 5.35. The number of carbonyl (C=O) groups is 3. The molecule has 9 heteroatoms. The van der Waals surface area contributed by atoms with E-state index in [9.17, 15) is 14.4 Å². The lowest BCUT2D eigenvalue weighted by molar-refractivity contribution is -0.137. The zero-order valence-electron chi connectivity index (χ0n) is 12.8. The van der Waals surface area contributed by atoms with Crippen LogP contribution in [0.4, 0.5) is 0 Å². The number of hydrogen-bond acceptors (Lipinski definition) is 5. The van der Waals surface area contributed by atoms with Crippen molar-refractivity contribution in [1.82, 2.24) is 19.6 Å². The van der Waals surface area contributed by atoms with Gasteiger partial charge in [0.1, 0.15) is 12.2 Å². The van der Waals surface area contributed by atoms with Crippen LogP contribution in [0.3, 0.4) is 0 Å². The van der Waals surface area contributed by atoms with E-state index in [2.05, 4.69) is 5.10 Å². The first-order chi connectivity index (χ1) is 11.5. The van der Waals surface area contributed by atoms with E-state index in [0.29, 0.717) is 26.2 Å². The summed E-state index contributed by atoms with van der Waals surface area (Å²) in [4.78, 5) is 38.4. The van der Waals surface area contributed by atoms with E-state index in [1.54, 1.807) is 21.9 Å². The van der Waals surface area contributed by atoms with Crippen LogP contribution in [0.1, 0.15) is 21.0 Å². The average Bonchev–Trinajstić information content (AvgIpc) is 3.25. The Bertz CT molecular complexity index is 744. The number of carbonyl (C=O) groups excluding carboxylic acids is 2. The van der Waals surface area contributed by atoms with Gasteiger partial charge in [0.05, 0.1) is 6.26 Å². The molecule has 3 heterocycles. The maximum absolute atomic E-state index is 12.4. The van der Waals surface area contributed by atoms with Crippen LogP contribution >= 0.6 is 0 Å². The summed E-state index contributed by atoms with van der Waals surface area (Å²) in [6.45, 7) is 1.29. The van der Waals surface area contributed by atoms with E-state index < -0.39 is 5.97 Å². The molecule has 24 heavy (non-hydrogen) atoms. The first-order valence-corrected chi connectivity index (χ1v) is 7.42. The molecule has 0 unspecified atom stereocenters. The van der Waals surface area contributed by atoms with Crippen molar-refractivity contribution >= 4 is 17.8 Å². The molecule has 0 saturated carbocycles. The highest BCUT2D eigenvalue weighted by Gasteiger charge is 2.27. The topological polar surface area (TPSA) is 109 Å². The highest BCUT2D eigenvalue weighted by atomic mass is 16.4. The van der Waals surface area contributed by atoms with Gasteiger partial charge in [-0.25, -0.2) is 0 Å². The maximum Gasteiger partial charge on any atom is 0.325 e. The molecule has 1 aliphatic rings. The lowest BCUT2D eigenvalue weighted by Gasteiger charge is -2.33. The molecule has 1 fully saturated rings. The van der Waals surface area contributed by atoms with Crippen molar-refractivity contribution in [3.8, 4) is 0 Å². The van der Waals surface area contributed by atoms with Crippen molar-refractivity contribution < 1.29 is 23.9 Å². The van der Waals surface area contributed by atoms with Crippen LogP contribution in [-0.2, 0) is 11.3 Å². The Kier molecular flexibility index (Phi) is 4.32. The SMILES string of the molecule is O=C(O)Cn1ccc(C(=O)N2CCN(C(=O)c3ccco3)CC2)n1. The minimum absolute atomic E-state index is 0.196. The Balaban J connectivity index is 1.58. The molecule has 1 N–H and O–H groups in total.